The molecule has 3 aromatic rings. The molecular formula is C21H20FN5O2. The molecule has 8 heteroatoms. The minimum absolute atomic E-state index is 0.0118. The summed E-state index contributed by atoms with van der Waals surface area (Å²) in [4.78, 5) is 19.4. The van der Waals surface area contributed by atoms with Gasteiger partial charge in [0.05, 0.1) is 24.1 Å². The summed E-state index contributed by atoms with van der Waals surface area (Å²) in [6.07, 6.45) is 6.43. The molecule has 29 heavy (non-hydrogen) atoms. The lowest BCUT2D eigenvalue weighted by Crippen LogP contribution is -2.47. The predicted molar refractivity (Wildman–Crippen MR) is 102 cm³/mol. The van der Waals surface area contributed by atoms with Crippen molar-refractivity contribution in [3.05, 3.63) is 65.9 Å². The molecule has 3 unspecified atom stereocenters. The van der Waals surface area contributed by atoms with Gasteiger partial charge in [-0.3, -0.25) is 4.79 Å². The lowest BCUT2D eigenvalue weighted by molar-refractivity contribution is 0.0462. The fraction of sp³-hybridized carbons (Fsp3) is 0.333. The topological polar surface area (TPSA) is 73.1 Å². The summed E-state index contributed by atoms with van der Waals surface area (Å²) in [6, 6.07) is 8.22. The largest absolute Gasteiger partial charge is 0.472 e. The molecule has 1 saturated heterocycles. The minimum Gasteiger partial charge on any atom is -0.472 e. The van der Waals surface area contributed by atoms with Crippen LogP contribution in [0.4, 0.5) is 4.39 Å². The van der Waals surface area contributed by atoms with Gasteiger partial charge in [0.15, 0.2) is 0 Å². The zero-order valence-electron chi connectivity index (χ0n) is 15.9. The number of halogens is 1. The van der Waals surface area contributed by atoms with Crippen LogP contribution < -0.4 is 4.74 Å². The van der Waals surface area contributed by atoms with Gasteiger partial charge in [-0.05, 0) is 43.4 Å². The Morgan fingerprint density at radius 2 is 2.14 bits per heavy atom. The van der Waals surface area contributed by atoms with Crippen LogP contribution in [0.1, 0.15) is 28.8 Å². The number of benzene rings is 1. The Hall–Kier alpha value is -3.29. The van der Waals surface area contributed by atoms with E-state index in [0.717, 1.165) is 18.4 Å². The number of piperidine rings is 1. The number of ether oxygens (including phenoxy) is 1. The van der Waals surface area contributed by atoms with Crippen molar-refractivity contribution < 1.29 is 13.9 Å². The monoisotopic (exact) mass is 393 g/mol. The molecule has 0 radical (unpaired) electrons. The standard InChI is InChI=1S/C21H20FN5O2/c1-13-5-6-19(23-11-13)29-18-10-14-9-17(18)26(12-14)21(28)20-15(22)3-2-4-16(20)27-8-7-24-25-27/h2-8,11,14,17-18H,9-10,12H2,1H3. The van der Waals surface area contributed by atoms with Gasteiger partial charge in [-0.25, -0.2) is 14.1 Å². The highest BCUT2D eigenvalue weighted by Gasteiger charge is 2.49. The first kappa shape index (κ1) is 17.8. The van der Waals surface area contributed by atoms with Gasteiger partial charge in [0.1, 0.15) is 17.5 Å². The Kier molecular flexibility index (Phi) is 4.26. The van der Waals surface area contributed by atoms with Crippen LogP contribution in [0.5, 0.6) is 5.88 Å². The van der Waals surface area contributed by atoms with E-state index in [1.165, 1.54) is 16.9 Å². The van der Waals surface area contributed by atoms with Gasteiger partial charge >= 0.3 is 0 Å². The molecule has 2 aliphatic rings. The number of aryl methyl sites for hydroxylation is 1. The second-order valence-corrected chi connectivity index (χ2v) is 7.67. The highest BCUT2D eigenvalue weighted by molar-refractivity contribution is 5.98. The van der Waals surface area contributed by atoms with E-state index in [0.29, 0.717) is 24.0 Å². The smallest absolute Gasteiger partial charge is 0.259 e. The fourth-order valence-corrected chi connectivity index (χ4v) is 4.40. The van der Waals surface area contributed by atoms with Crippen LogP contribution in [0.3, 0.4) is 0 Å². The molecule has 2 aromatic heterocycles. The first-order chi connectivity index (χ1) is 14.1. The molecule has 7 nitrogen and oxygen atoms in total. The Balaban J connectivity index is 1.42. The number of pyridine rings is 1. The van der Waals surface area contributed by atoms with Gasteiger partial charge in [-0.2, -0.15) is 0 Å². The maximum atomic E-state index is 14.7. The number of fused-ring (bicyclic) bond motifs is 2. The predicted octanol–water partition coefficient (Wildman–Crippen LogP) is 2.79. The van der Waals surface area contributed by atoms with E-state index in [-0.39, 0.29) is 23.6 Å². The summed E-state index contributed by atoms with van der Waals surface area (Å²) in [5, 5.41) is 7.69. The molecule has 3 atom stereocenters. The van der Waals surface area contributed by atoms with Gasteiger partial charge in [0.2, 0.25) is 5.88 Å². The molecule has 1 amide bonds. The number of carbonyl (C=O) groups is 1. The molecule has 148 valence electrons. The van der Waals surface area contributed by atoms with Gasteiger partial charge in [0, 0.05) is 18.8 Å². The molecule has 0 N–H and O–H groups in total. The molecule has 1 aromatic carbocycles. The van der Waals surface area contributed by atoms with Gasteiger partial charge in [0.25, 0.3) is 5.91 Å². The molecule has 1 aliphatic carbocycles. The van der Waals surface area contributed by atoms with Crippen molar-refractivity contribution in [2.75, 3.05) is 6.54 Å². The number of amides is 1. The van der Waals surface area contributed by atoms with Crippen molar-refractivity contribution in [3.8, 4) is 11.6 Å². The average Bonchev–Trinajstić information content (AvgIpc) is 3.46. The van der Waals surface area contributed by atoms with Crippen LogP contribution in [0.15, 0.2) is 48.9 Å². The number of nitrogens with zero attached hydrogens (tertiary/aromatic N) is 5. The summed E-state index contributed by atoms with van der Waals surface area (Å²) in [7, 11) is 0. The molecule has 5 rings (SSSR count). The maximum absolute atomic E-state index is 14.7. The number of aromatic nitrogens is 4. The van der Waals surface area contributed by atoms with Crippen molar-refractivity contribution in [3.63, 3.8) is 0 Å². The second-order valence-electron chi connectivity index (χ2n) is 7.67. The first-order valence-electron chi connectivity index (χ1n) is 9.65. The molecule has 3 heterocycles. The third kappa shape index (κ3) is 3.14. The van der Waals surface area contributed by atoms with E-state index in [9.17, 15) is 9.18 Å². The summed E-state index contributed by atoms with van der Waals surface area (Å²) >= 11 is 0. The van der Waals surface area contributed by atoms with Crippen LogP contribution in [-0.4, -0.2) is 49.5 Å². The van der Waals surface area contributed by atoms with Crippen LogP contribution in [-0.2, 0) is 0 Å². The number of rotatable bonds is 4. The Labute approximate surface area is 167 Å². The molecule has 2 bridgehead atoms. The molecule has 1 saturated carbocycles. The van der Waals surface area contributed by atoms with Crippen molar-refractivity contribution in [2.45, 2.75) is 31.9 Å². The van der Waals surface area contributed by atoms with E-state index in [2.05, 4.69) is 15.3 Å². The second kappa shape index (κ2) is 6.95. The number of hydrogen-bond acceptors (Lipinski definition) is 5. The average molecular weight is 393 g/mol. The summed E-state index contributed by atoms with van der Waals surface area (Å²) in [5.41, 5.74) is 1.45. The van der Waals surface area contributed by atoms with Crippen LogP contribution in [0.25, 0.3) is 5.69 Å². The Bertz CT molecular complexity index is 1040. The van der Waals surface area contributed by atoms with E-state index >= 15 is 0 Å². The van der Waals surface area contributed by atoms with Crippen molar-refractivity contribution in [1.29, 1.82) is 0 Å². The quantitative estimate of drug-likeness (QED) is 0.682. The van der Waals surface area contributed by atoms with Crippen molar-refractivity contribution >= 4 is 5.91 Å². The van der Waals surface area contributed by atoms with Crippen LogP contribution in [0.2, 0.25) is 0 Å². The van der Waals surface area contributed by atoms with Crippen LogP contribution in [0, 0.1) is 18.7 Å². The van der Waals surface area contributed by atoms with Crippen LogP contribution >= 0.6 is 0 Å². The van der Waals surface area contributed by atoms with Crippen molar-refractivity contribution in [1.82, 2.24) is 24.9 Å². The van der Waals surface area contributed by atoms with Gasteiger partial charge in [-0.15, -0.1) is 5.10 Å². The van der Waals surface area contributed by atoms with Crippen molar-refractivity contribution in [2.24, 2.45) is 5.92 Å². The number of hydrogen-bond donors (Lipinski definition) is 0. The number of carbonyl (C=O) groups excluding carboxylic acids is 1. The molecule has 0 spiro atoms. The van der Waals surface area contributed by atoms with E-state index < -0.39 is 5.82 Å². The highest BCUT2D eigenvalue weighted by Crippen LogP contribution is 2.40. The van der Waals surface area contributed by atoms with E-state index in [1.807, 2.05) is 19.1 Å². The first-order valence-corrected chi connectivity index (χ1v) is 9.65. The summed E-state index contributed by atoms with van der Waals surface area (Å²) in [5.74, 6) is -0.00885. The number of likely N-dealkylation sites (tertiary alicyclic amines) is 1. The zero-order chi connectivity index (χ0) is 20.0. The third-order valence-electron chi connectivity index (χ3n) is 5.72. The highest BCUT2D eigenvalue weighted by atomic mass is 19.1. The Morgan fingerprint density at radius 1 is 1.24 bits per heavy atom. The minimum atomic E-state index is -0.566. The lowest BCUT2D eigenvalue weighted by Gasteiger charge is -2.33. The fourth-order valence-electron chi connectivity index (χ4n) is 4.40. The SMILES string of the molecule is Cc1ccc(OC2CC3CC2N(C(=O)c2c(F)cccc2-n2ccnn2)C3)nc1. The van der Waals surface area contributed by atoms with E-state index in [4.69, 9.17) is 4.74 Å². The molecular weight excluding hydrogens is 373 g/mol. The normalized spacial score (nSPS) is 22.8. The molecule has 2 fully saturated rings. The Morgan fingerprint density at radius 3 is 2.86 bits per heavy atom. The van der Waals surface area contributed by atoms with Gasteiger partial charge < -0.3 is 9.64 Å². The summed E-state index contributed by atoms with van der Waals surface area (Å²) < 4.78 is 22.2. The van der Waals surface area contributed by atoms with E-state index in [1.54, 1.807) is 29.4 Å². The lowest BCUT2D eigenvalue weighted by atomic mass is 10.0. The summed E-state index contributed by atoms with van der Waals surface area (Å²) in [6.45, 7) is 2.58. The molecule has 1 aliphatic heterocycles. The van der Waals surface area contributed by atoms with Gasteiger partial charge in [-0.1, -0.05) is 17.3 Å². The maximum Gasteiger partial charge on any atom is 0.259 e. The zero-order valence-corrected chi connectivity index (χ0v) is 15.9. The third-order valence-corrected chi connectivity index (χ3v) is 5.72.